The Balaban J connectivity index is 1.77. The van der Waals surface area contributed by atoms with Gasteiger partial charge in [0.2, 0.25) is 5.91 Å². The number of aromatic nitrogens is 1. The molecule has 2 aromatic carbocycles. The summed E-state index contributed by atoms with van der Waals surface area (Å²) in [5.41, 5.74) is 1.14. The number of aromatic hydroxyl groups is 1. The van der Waals surface area contributed by atoms with Gasteiger partial charge < -0.3 is 10.4 Å². The first-order valence-electron chi connectivity index (χ1n) is 10.8. The van der Waals surface area contributed by atoms with Crippen molar-refractivity contribution in [3.05, 3.63) is 82.0 Å². The fraction of sp³-hybridized carbons (Fsp3) is 0.280. The van der Waals surface area contributed by atoms with Crippen LogP contribution in [-0.4, -0.2) is 20.9 Å². The van der Waals surface area contributed by atoms with Crippen molar-refractivity contribution in [2.75, 3.05) is 0 Å². The average molecular weight is 431 g/mol. The molecule has 32 heavy (non-hydrogen) atoms. The number of carbonyl (C=O) groups is 1. The number of nitro benzene ring substituents is 1. The monoisotopic (exact) mass is 431 g/mol. The summed E-state index contributed by atoms with van der Waals surface area (Å²) >= 11 is 0. The number of pyridine rings is 1. The van der Waals surface area contributed by atoms with Crippen LogP contribution < -0.4 is 5.32 Å². The van der Waals surface area contributed by atoms with Gasteiger partial charge in [-0.25, -0.2) is 0 Å². The highest BCUT2D eigenvalue weighted by Gasteiger charge is 2.27. The predicted molar refractivity (Wildman–Crippen MR) is 123 cm³/mol. The first-order chi connectivity index (χ1) is 15.5. The number of nitro groups is 1. The molecule has 0 radical (unpaired) electrons. The molecule has 0 spiro atoms. The normalized spacial score (nSPS) is 15.6. The summed E-state index contributed by atoms with van der Waals surface area (Å²) in [6, 6.07) is 13.3. The fourth-order valence-corrected chi connectivity index (χ4v) is 4.26. The van der Waals surface area contributed by atoms with Gasteiger partial charge in [0, 0.05) is 23.7 Å². The summed E-state index contributed by atoms with van der Waals surface area (Å²) in [6.07, 6.45) is 9.87. The summed E-state index contributed by atoms with van der Waals surface area (Å²) in [5, 5.41) is 26.0. The largest absolute Gasteiger partial charge is 0.505 e. The molecular weight excluding hydrogens is 406 g/mol. The van der Waals surface area contributed by atoms with Crippen LogP contribution in [0.15, 0.2) is 60.8 Å². The van der Waals surface area contributed by atoms with Crippen molar-refractivity contribution in [1.82, 2.24) is 10.3 Å². The van der Waals surface area contributed by atoms with Gasteiger partial charge in [-0.05, 0) is 30.5 Å². The lowest BCUT2D eigenvalue weighted by Crippen LogP contribution is -2.34. The van der Waals surface area contributed by atoms with Crippen LogP contribution in [0.5, 0.6) is 5.75 Å². The SMILES string of the molecule is O=C(NC(C=Cc1ccccc1)c1cc([N+](=O)[O-])c2cccnc2c1O)C1CCCCC1. The molecule has 4 rings (SSSR count). The molecule has 1 aromatic heterocycles. The third kappa shape index (κ3) is 4.61. The number of benzene rings is 2. The van der Waals surface area contributed by atoms with E-state index in [1.807, 2.05) is 36.4 Å². The van der Waals surface area contributed by atoms with Crippen LogP contribution >= 0.6 is 0 Å². The molecule has 1 fully saturated rings. The maximum absolute atomic E-state index is 13.0. The standard InChI is InChI=1S/C25H25N3O4/c29-24-20(16-22(28(31)32)19-12-7-15-26-23(19)24)21(14-13-17-8-3-1-4-9-17)27-25(30)18-10-5-2-6-11-18/h1,3-4,7-9,12-16,18,21,29H,2,5-6,10-11H2,(H,27,30). The minimum atomic E-state index is -0.741. The quantitative estimate of drug-likeness (QED) is 0.407. The van der Waals surface area contributed by atoms with Crippen molar-refractivity contribution in [1.29, 1.82) is 0 Å². The van der Waals surface area contributed by atoms with Crippen LogP contribution in [0.3, 0.4) is 0 Å². The number of non-ortho nitro benzene ring substituents is 1. The minimum absolute atomic E-state index is 0.0907. The van der Waals surface area contributed by atoms with Crippen molar-refractivity contribution in [2.24, 2.45) is 5.92 Å². The number of nitrogens with zero attached hydrogens (tertiary/aromatic N) is 2. The summed E-state index contributed by atoms with van der Waals surface area (Å²) < 4.78 is 0. The van der Waals surface area contributed by atoms with E-state index in [4.69, 9.17) is 0 Å². The molecule has 1 atom stereocenters. The second kappa shape index (κ2) is 9.60. The third-order valence-electron chi connectivity index (χ3n) is 5.96. The van der Waals surface area contributed by atoms with Gasteiger partial charge in [0.05, 0.1) is 16.4 Å². The number of rotatable bonds is 6. The molecule has 7 nitrogen and oxygen atoms in total. The molecule has 1 aliphatic carbocycles. The molecule has 1 heterocycles. The van der Waals surface area contributed by atoms with Gasteiger partial charge in [-0.15, -0.1) is 0 Å². The number of carbonyl (C=O) groups excluding carboxylic acids is 1. The van der Waals surface area contributed by atoms with Gasteiger partial charge in [-0.1, -0.05) is 61.7 Å². The van der Waals surface area contributed by atoms with Crippen molar-refractivity contribution < 1.29 is 14.8 Å². The van der Waals surface area contributed by atoms with E-state index in [0.29, 0.717) is 0 Å². The number of phenolic OH excluding ortho intramolecular Hbond substituents is 1. The van der Waals surface area contributed by atoms with Crippen molar-refractivity contribution in [3.63, 3.8) is 0 Å². The van der Waals surface area contributed by atoms with Gasteiger partial charge in [0.25, 0.3) is 5.69 Å². The average Bonchev–Trinajstić information content (AvgIpc) is 2.83. The van der Waals surface area contributed by atoms with E-state index in [0.717, 1.165) is 37.7 Å². The lowest BCUT2D eigenvalue weighted by atomic mass is 9.88. The Hall–Kier alpha value is -3.74. The van der Waals surface area contributed by atoms with Crippen molar-refractivity contribution in [2.45, 2.75) is 38.1 Å². The van der Waals surface area contributed by atoms with Gasteiger partial charge in [-0.2, -0.15) is 0 Å². The second-order valence-electron chi connectivity index (χ2n) is 8.08. The molecule has 0 saturated heterocycles. The van der Waals surface area contributed by atoms with Crippen LogP contribution in [0, 0.1) is 16.0 Å². The Morgan fingerprint density at radius 3 is 2.62 bits per heavy atom. The third-order valence-corrected chi connectivity index (χ3v) is 5.96. The van der Waals surface area contributed by atoms with Crippen LogP contribution in [0.2, 0.25) is 0 Å². The highest BCUT2D eigenvalue weighted by atomic mass is 16.6. The van der Waals surface area contributed by atoms with Crippen LogP contribution in [0.4, 0.5) is 5.69 Å². The maximum Gasteiger partial charge on any atom is 0.279 e. The molecular formula is C25H25N3O4. The zero-order valence-corrected chi connectivity index (χ0v) is 17.6. The zero-order chi connectivity index (χ0) is 22.5. The molecule has 1 aliphatic rings. The Bertz CT molecular complexity index is 1150. The number of hydrogen-bond acceptors (Lipinski definition) is 5. The summed E-state index contributed by atoms with van der Waals surface area (Å²) in [4.78, 5) is 28.4. The number of phenols is 1. The summed E-state index contributed by atoms with van der Waals surface area (Å²) in [6.45, 7) is 0. The Morgan fingerprint density at radius 1 is 1.16 bits per heavy atom. The Morgan fingerprint density at radius 2 is 1.91 bits per heavy atom. The van der Waals surface area contributed by atoms with E-state index in [9.17, 15) is 20.0 Å². The lowest BCUT2D eigenvalue weighted by molar-refractivity contribution is -0.383. The topological polar surface area (TPSA) is 105 Å². The zero-order valence-electron chi connectivity index (χ0n) is 17.6. The second-order valence-corrected chi connectivity index (χ2v) is 8.08. The number of fused-ring (bicyclic) bond motifs is 1. The van der Waals surface area contributed by atoms with Crippen LogP contribution in [0.25, 0.3) is 17.0 Å². The molecule has 164 valence electrons. The van der Waals surface area contributed by atoms with Crippen molar-refractivity contribution >= 4 is 28.6 Å². The highest BCUT2D eigenvalue weighted by Crippen LogP contribution is 2.38. The van der Waals surface area contributed by atoms with Crippen LogP contribution in [0.1, 0.15) is 49.3 Å². The summed E-state index contributed by atoms with van der Waals surface area (Å²) in [7, 11) is 0. The van der Waals surface area contributed by atoms with E-state index in [1.165, 1.54) is 12.3 Å². The van der Waals surface area contributed by atoms with Crippen molar-refractivity contribution in [3.8, 4) is 5.75 Å². The smallest absolute Gasteiger partial charge is 0.279 e. The lowest BCUT2D eigenvalue weighted by Gasteiger charge is -2.24. The van der Waals surface area contributed by atoms with E-state index in [1.54, 1.807) is 18.2 Å². The number of amides is 1. The molecule has 2 N–H and O–H groups in total. The van der Waals surface area contributed by atoms with Gasteiger partial charge in [0.15, 0.2) is 0 Å². The Labute approximate surface area is 186 Å². The van der Waals surface area contributed by atoms with Gasteiger partial charge in [-0.3, -0.25) is 19.9 Å². The van der Waals surface area contributed by atoms with E-state index < -0.39 is 11.0 Å². The number of nitrogens with one attached hydrogen (secondary N) is 1. The van der Waals surface area contributed by atoms with E-state index in [2.05, 4.69) is 10.3 Å². The molecule has 1 saturated carbocycles. The van der Waals surface area contributed by atoms with E-state index >= 15 is 0 Å². The van der Waals surface area contributed by atoms with Crippen LogP contribution in [-0.2, 0) is 4.79 Å². The fourth-order valence-electron chi connectivity index (χ4n) is 4.26. The molecule has 0 aliphatic heterocycles. The van der Waals surface area contributed by atoms with Gasteiger partial charge >= 0.3 is 0 Å². The van der Waals surface area contributed by atoms with E-state index in [-0.39, 0.29) is 39.7 Å². The summed E-state index contributed by atoms with van der Waals surface area (Å²) in [5.74, 6) is -0.361. The number of hydrogen-bond donors (Lipinski definition) is 2. The first-order valence-corrected chi connectivity index (χ1v) is 10.8. The first kappa shape index (κ1) is 21.5. The minimum Gasteiger partial charge on any atom is -0.505 e. The van der Waals surface area contributed by atoms with Gasteiger partial charge in [0.1, 0.15) is 11.3 Å². The maximum atomic E-state index is 13.0. The molecule has 7 heteroatoms. The highest BCUT2D eigenvalue weighted by molar-refractivity contribution is 5.94. The molecule has 0 bridgehead atoms. The Kier molecular flexibility index (Phi) is 6.44. The molecule has 1 amide bonds. The molecule has 1 unspecified atom stereocenters. The molecule has 3 aromatic rings. The predicted octanol–water partition coefficient (Wildman–Crippen LogP) is 5.30.